The number of aromatic nitrogens is 1. The molecule has 21 heavy (non-hydrogen) atoms. The number of benzene rings is 1. The standard InChI is InChI=1S/C14H10BrN3O3/c15-13-7-6-11(9-16-13)17-14(19)8-5-10-3-1-2-4-12(10)18(20)21/h1-9H,(H,17,19)/b8-5+. The van der Waals surface area contributed by atoms with Crippen molar-refractivity contribution in [2.24, 2.45) is 0 Å². The number of hydrogen-bond donors (Lipinski definition) is 1. The van der Waals surface area contributed by atoms with Gasteiger partial charge in [0.1, 0.15) is 4.60 Å². The van der Waals surface area contributed by atoms with Crippen LogP contribution in [0.4, 0.5) is 11.4 Å². The van der Waals surface area contributed by atoms with Gasteiger partial charge in [-0.3, -0.25) is 14.9 Å². The second-order valence-corrected chi connectivity index (χ2v) is 4.82. The molecular weight excluding hydrogens is 338 g/mol. The van der Waals surface area contributed by atoms with Gasteiger partial charge in [0.25, 0.3) is 5.69 Å². The summed E-state index contributed by atoms with van der Waals surface area (Å²) in [4.78, 5) is 26.1. The van der Waals surface area contributed by atoms with Crippen LogP contribution < -0.4 is 5.32 Å². The van der Waals surface area contributed by atoms with E-state index >= 15 is 0 Å². The summed E-state index contributed by atoms with van der Waals surface area (Å²) in [6, 6.07) is 9.58. The predicted molar refractivity (Wildman–Crippen MR) is 82.7 cm³/mol. The number of nitro groups is 1. The van der Waals surface area contributed by atoms with Crippen LogP contribution in [0, 0.1) is 10.1 Å². The van der Waals surface area contributed by atoms with Crippen molar-refractivity contribution in [2.75, 3.05) is 5.32 Å². The minimum atomic E-state index is -0.490. The van der Waals surface area contributed by atoms with E-state index in [2.05, 4.69) is 26.2 Å². The number of nitro benzene ring substituents is 1. The number of nitrogens with zero attached hydrogens (tertiary/aromatic N) is 2. The quantitative estimate of drug-likeness (QED) is 0.397. The Hall–Kier alpha value is -2.54. The molecule has 0 radical (unpaired) electrons. The Morgan fingerprint density at radius 2 is 2.05 bits per heavy atom. The number of amides is 1. The van der Waals surface area contributed by atoms with Gasteiger partial charge in [-0.15, -0.1) is 0 Å². The lowest BCUT2D eigenvalue weighted by Crippen LogP contribution is -2.07. The summed E-state index contributed by atoms with van der Waals surface area (Å²) in [6.07, 6.45) is 4.14. The molecule has 0 spiro atoms. The van der Waals surface area contributed by atoms with Crippen LogP contribution in [0.15, 0.2) is 53.3 Å². The highest BCUT2D eigenvalue weighted by Crippen LogP contribution is 2.19. The molecule has 1 aromatic heterocycles. The normalized spacial score (nSPS) is 10.5. The fraction of sp³-hybridized carbons (Fsp3) is 0. The molecule has 0 unspecified atom stereocenters. The maximum atomic E-state index is 11.7. The van der Waals surface area contributed by atoms with E-state index in [0.717, 1.165) is 0 Å². The van der Waals surface area contributed by atoms with Gasteiger partial charge in [-0.25, -0.2) is 4.98 Å². The monoisotopic (exact) mass is 347 g/mol. The fourth-order valence-corrected chi connectivity index (χ4v) is 1.83. The van der Waals surface area contributed by atoms with Gasteiger partial charge in [0.2, 0.25) is 5.91 Å². The van der Waals surface area contributed by atoms with Crippen molar-refractivity contribution >= 4 is 39.3 Å². The second-order valence-electron chi connectivity index (χ2n) is 4.01. The molecule has 2 rings (SSSR count). The highest BCUT2D eigenvalue weighted by atomic mass is 79.9. The van der Waals surface area contributed by atoms with Crippen molar-refractivity contribution in [1.29, 1.82) is 0 Å². The Kier molecular flexibility index (Phi) is 4.78. The van der Waals surface area contributed by atoms with E-state index in [0.29, 0.717) is 15.9 Å². The molecule has 0 fully saturated rings. The van der Waals surface area contributed by atoms with E-state index in [4.69, 9.17) is 0 Å². The van der Waals surface area contributed by atoms with Gasteiger partial charge in [-0.2, -0.15) is 0 Å². The number of pyridine rings is 1. The molecule has 0 saturated heterocycles. The third-order valence-electron chi connectivity index (χ3n) is 2.54. The molecule has 1 amide bonds. The minimum Gasteiger partial charge on any atom is -0.321 e. The van der Waals surface area contributed by atoms with Crippen molar-refractivity contribution in [2.45, 2.75) is 0 Å². The Labute approximate surface area is 128 Å². The Balaban J connectivity index is 2.09. The molecule has 106 valence electrons. The van der Waals surface area contributed by atoms with Gasteiger partial charge < -0.3 is 5.32 Å². The zero-order valence-electron chi connectivity index (χ0n) is 10.7. The number of carbonyl (C=O) groups is 1. The summed E-state index contributed by atoms with van der Waals surface area (Å²) in [7, 11) is 0. The van der Waals surface area contributed by atoms with Crippen LogP contribution in [0.25, 0.3) is 6.08 Å². The van der Waals surface area contributed by atoms with Gasteiger partial charge in [0, 0.05) is 12.1 Å². The molecule has 0 aliphatic rings. The summed E-state index contributed by atoms with van der Waals surface area (Å²) in [5.41, 5.74) is 0.855. The van der Waals surface area contributed by atoms with Gasteiger partial charge in [-0.05, 0) is 40.2 Å². The molecule has 7 heteroatoms. The number of carbonyl (C=O) groups excluding carboxylic acids is 1. The average molecular weight is 348 g/mol. The van der Waals surface area contributed by atoms with E-state index in [1.54, 1.807) is 30.3 Å². The van der Waals surface area contributed by atoms with Crippen molar-refractivity contribution in [1.82, 2.24) is 4.98 Å². The molecule has 0 bridgehead atoms. The molecule has 0 atom stereocenters. The molecule has 1 heterocycles. The summed E-state index contributed by atoms with van der Waals surface area (Å²) in [5.74, 6) is -0.391. The van der Waals surface area contributed by atoms with Gasteiger partial charge >= 0.3 is 0 Å². The molecule has 0 aliphatic heterocycles. The molecule has 0 aliphatic carbocycles. The number of halogens is 1. The van der Waals surface area contributed by atoms with Gasteiger partial charge in [0.15, 0.2) is 0 Å². The number of nitrogens with one attached hydrogen (secondary N) is 1. The van der Waals surface area contributed by atoms with Crippen LogP contribution in [0.2, 0.25) is 0 Å². The number of anilines is 1. The van der Waals surface area contributed by atoms with Crippen molar-refractivity contribution in [3.05, 3.63) is 69.0 Å². The van der Waals surface area contributed by atoms with Crippen LogP contribution in [-0.4, -0.2) is 15.8 Å². The summed E-state index contributed by atoms with van der Waals surface area (Å²) in [6.45, 7) is 0. The lowest BCUT2D eigenvalue weighted by atomic mass is 10.1. The largest absolute Gasteiger partial charge is 0.321 e. The third-order valence-corrected chi connectivity index (χ3v) is 3.01. The first kappa shape index (κ1) is 14.9. The van der Waals surface area contributed by atoms with Gasteiger partial charge in [0.05, 0.1) is 22.4 Å². The van der Waals surface area contributed by atoms with Crippen molar-refractivity contribution < 1.29 is 9.72 Å². The SMILES string of the molecule is O=C(/C=C/c1ccccc1[N+](=O)[O-])Nc1ccc(Br)nc1. The van der Waals surface area contributed by atoms with Crippen molar-refractivity contribution in [3.8, 4) is 0 Å². The number of rotatable bonds is 4. The zero-order valence-corrected chi connectivity index (χ0v) is 12.3. The third kappa shape index (κ3) is 4.22. The Morgan fingerprint density at radius 3 is 2.71 bits per heavy atom. The smallest absolute Gasteiger partial charge is 0.276 e. The maximum absolute atomic E-state index is 11.7. The first-order valence-corrected chi connectivity index (χ1v) is 6.69. The lowest BCUT2D eigenvalue weighted by Gasteiger charge is -2.01. The van der Waals surface area contributed by atoms with E-state index < -0.39 is 10.8 Å². The molecule has 1 aromatic carbocycles. The van der Waals surface area contributed by atoms with Gasteiger partial charge in [-0.1, -0.05) is 12.1 Å². The fourth-order valence-electron chi connectivity index (χ4n) is 1.59. The summed E-state index contributed by atoms with van der Waals surface area (Å²) >= 11 is 3.19. The highest BCUT2D eigenvalue weighted by Gasteiger charge is 2.09. The van der Waals surface area contributed by atoms with Crippen molar-refractivity contribution in [3.63, 3.8) is 0 Å². The molecule has 1 N–H and O–H groups in total. The number of hydrogen-bond acceptors (Lipinski definition) is 4. The Bertz CT molecular complexity index is 699. The van der Waals surface area contributed by atoms with E-state index in [9.17, 15) is 14.9 Å². The molecule has 6 nitrogen and oxygen atoms in total. The van der Waals surface area contributed by atoms with Crippen LogP contribution in [-0.2, 0) is 4.79 Å². The van der Waals surface area contributed by atoms with Crippen LogP contribution in [0.3, 0.4) is 0 Å². The minimum absolute atomic E-state index is 0.0492. The van der Waals surface area contributed by atoms with Crippen LogP contribution >= 0.6 is 15.9 Å². The lowest BCUT2D eigenvalue weighted by molar-refractivity contribution is -0.385. The topological polar surface area (TPSA) is 85.1 Å². The number of para-hydroxylation sites is 1. The predicted octanol–water partition coefficient (Wildman–Crippen LogP) is 3.40. The van der Waals surface area contributed by atoms with E-state index in [1.165, 1.54) is 24.4 Å². The van der Waals surface area contributed by atoms with E-state index in [-0.39, 0.29) is 5.69 Å². The second kappa shape index (κ2) is 6.76. The first-order chi connectivity index (χ1) is 10.1. The molecule has 0 saturated carbocycles. The molecular formula is C14H10BrN3O3. The average Bonchev–Trinajstić information content (AvgIpc) is 2.48. The van der Waals surface area contributed by atoms with Crippen LogP contribution in [0.5, 0.6) is 0 Å². The zero-order chi connectivity index (χ0) is 15.2. The van der Waals surface area contributed by atoms with Crippen LogP contribution in [0.1, 0.15) is 5.56 Å². The highest BCUT2D eigenvalue weighted by molar-refractivity contribution is 9.10. The summed E-state index contributed by atoms with van der Waals surface area (Å²) in [5, 5.41) is 13.5. The first-order valence-electron chi connectivity index (χ1n) is 5.90. The molecule has 2 aromatic rings. The van der Waals surface area contributed by atoms with E-state index in [1.807, 2.05) is 0 Å². The Morgan fingerprint density at radius 1 is 1.29 bits per heavy atom. The maximum Gasteiger partial charge on any atom is 0.276 e. The summed E-state index contributed by atoms with van der Waals surface area (Å²) < 4.78 is 0.663.